The monoisotopic (exact) mass is 134 g/mol. The summed E-state index contributed by atoms with van der Waals surface area (Å²) in [6.07, 6.45) is -0.842. The van der Waals surface area contributed by atoms with E-state index in [1.54, 1.807) is 6.92 Å². The molecule has 0 aromatic heterocycles. The first-order valence-electron chi connectivity index (χ1n) is 2.98. The molecule has 0 aromatic rings. The van der Waals surface area contributed by atoms with Crippen molar-refractivity contribution in [3.05, 3.63) is 0 Å². The minimum atomic E-state index is -0.781. The van der Waals surface area contributed by atoms with Gasteiger partial charge in [0, 0.05) is 6.54 Å². The van der Waals surface area contributed by atoms with Crippen LogP contribution in [0, 0.1) is 0 Å². The number of rotatable bonds is 4. The van der Waals surface area contributed by atoms with E-state index in [1.807, 2.05) is 0 Å². The topological polar surface area (TPSA) is 78.5 Å². The minimum absolute atomic E-state index is 0.463. The molecule has 2 atom stereocenters. The first kappa shape index (κ1) is 8.84. The van der Waals surface area contributed by atoms with Gasteiger partial charge in [-0.15, -0.1) is 0 Å². The zero-order chi connectivity index (χ0) is 7.28. The van der Waals surface area contributed by atoms with Gasteiger partial charge in [-0.25, -0.2) is 0 Å². The van der Waals surface area contributed by atoms with Gasteiger partial charge in [0.25, 0.3) is 0 Å². The molecule has 0 heterocycles. The molecule has 0 amide bonds. The van der Waals surface area contributed by atoms with Crippen molar-refractivity contribution in [2.45, 2.75) is 25.8 Å². The first-order chi connectivity index (χ1) is 4.13. The van der Waals surface area contributed by atoms with Crippen molar-refractivity contribution in [2.75, 3.05) is 6.54 Å². The second kappa shape index (κ2) is 4.69. The minimum Gasteiger partial charge on any atom is -0.379 e. The highest BCUT2D eigenvalue weighted by Crippen LogP contribution is 1.79. The normalized spacial score (nSPS) is 17.3. The lowest BCUT2D eigenvalue weighted by Gasteiger charge is -2.07. The molecule has 0 saturated carbocycles. The van der Waals surface area contributed by atoms with Crippen molar-refractivity contribution in [1.29, 1.82) is 0 Å². The standard InChI is InChI=1S/C5H14N2O2/c1-4(8)7-3-2-5(6)9/h4-5,7-9H,2-3,6H2,1H3. The van der Waals surface area contributed by atoms with Gasteiger partial charge < -0.3 is 15.9 Å². The van der Waals surface area contributed by atoms with E-state index in [-0.39, 0.29) is 0 Å². The maximum atomic E-state index is 8.63. The summed E-state index contributed by atoms with van der Waals surface area (Å²) in [5.74, 6) is 0. The molecule has 0 bridgehead atoms. The lowest BCUT2D eigenvalue weighted by Crippen LogP contribution is -2.31. The Bertz CT molecular complexity index is 58.0. The summed E-state index contributed by atoms with van der Waals surface area (Å²) in [7, 11) is 0. The molecule has 2 unspecified atom stereocenters. The van der Waals surface area contributed by atoms with Gasteiger partial charge in [0.05, 0.1) is 0 Å². The Morgan fingerprint density at radius 2 is 2.11 bits per heavy atom. The van der Waals surface area contributed by atoms with Gasteiger partial charge in [-0.3, -0.25) is 5.32 Å². The largest absolute Gasteiger partial charge is 0.379 e. The Kier molecular flexibility index (Phi) is 4.61. The molecule has 0 radical (unpaired) electrons. The average Bonchev–Trinajstić information content (AvgIpc) is 1.63. The summed E-state index contributed by atoms with van der Waals surface area (Å²) in [4.78, 5) is 0. The van der Waals surface area contributed by atoms with Crippen molar-refractivity contribution in [2.24, 2.45) is 5.73 Å². The molecule has 0 aliphatic carbocycles. The van der Waals surface area contributed by atoms with Gasteiger partial charge in [0.2, 0.25) is 0 Å². The fourth-order valence-corrected chi connectivity index (χ4v) is 0.440. The van der Waals surface area contributed by atoms with Crippen molar-refractivity contribution in [1.82, 2.24) is 5.32 Å². The van der Waals surface area contributed by atoms with Crippen LogP contribution in [0.1, 0.15) is 13.3 Å². The number of aliphatic hydroxyl groups excluding tert-OH is 2. The molecule has 0 saturated heterocycles. The molecule has 4 heteroatoms. The maximum absolute atomic E-state index is 8.63. The molecule has 9 heavy (non-hydrogen) atoms. The Balaban J connectivity index is 2.91. The average molecular weight is 134 g/mol. The fourth-order valence-electron chi connectivity index (χ4n) is 0.440. The number of nitrogens with two attached hydrogens (primary N) is 1. The molecule has 0 rings (SSSR count). The molecule has 0 aliphatic heterocycles. The van der Waals surface area contributed by atoms with E-state index in [1.165, 1.54) is 0 Å². The highest BCUT2D eigenvalue weighted by molar-refractivity contribution is 4.50. The van der Waals surface area contributed by atoms with Crippen LogP contribution in [-0.2, 0) is 0 Å². The van der Waals surface area contributed by atoms with Gasteiger partial charge in [-0.2, -0.15) is 0 Å². The van der Waals surface area contributed by atoms with Crippen molar-refractivity contribution in [3.63, 3.8) is 0 Å². The van der Waals surface area contributed by atoms with Crippen LogP contribution in [0.3, 0.4) is 0 Å². The zero-order valence-corrected chi connectivity index (χ0v) is 5.54. The van der Waals surface area contributed by atoms with Gasteiger partial charge in [-0.1, -0.05) is 0 Å². The summed E-state index contributed by atoms with van der Waals surface area (Å²) in [5, 5.41) is 19.8. The molecule has 56 valence electrons. The number of aliphatic hydroxyl groups is 2. The summed E-state index contributed by atoms with van der Waals surface area (Å²) in [6.45, 7) is 2.15. The van der Waals surface area contributed by atoms with E-state index >= 15 is 0 Å². The molecule has 0 aromatic carbocycles. The van der Waals surface area contributed by atoms with E-state index in [0.717, 1.165) is 0 Å². The molecular weight excluding hydrogens is 120 g/mol. The van der Waals surface area contributed by atoms with Crippen LogP contribution in [0.5, 0.6) is 0 Å². The number of hydrogen-bond donors (Lipinski definition) is 4. The first-order valence-corrected chi connectivity index (χ1v) is 2.98. The van der Waals surface area contributed by atoms with Crippen LogP contribution in [0.2, 0.25) is 0 Å². The van der Waals surface area contributed by atoms with Gasteiger partial charge >= 0.3 is 0 Å². The van der Waals surface area contributed by atoms with Crippen molar-refractivity contribution >= 4 is 0 Å². The second-order valence-corrected chi connectivity index (χ2v) is 1.99. The SMILES string of the molecule is CC(O)NCCC(N)O. The highest BCUT2D eigenvalue weighted by atomic mass is 16.3. The molecule has 0 fully saturated rings. The molecule has 5 N–H and O–H groups in total. The van der Waals surface area contributed by atoms with Crippen LogP contribution < -0.4 is 11.1 Å². The van der Waals surface area contributed by atoms with Gasteiger partial charge in [0.1, 0.15) is 12.5 Å². The van der Waals surface area contributed by atoms with E-state index in [2.05, 4.69) is 5.32 Å². The highest BCUT2D eigenvalue weighted by Gasteiger charge is 1.96. The third-order valence-electron chi connectivity index (χ3n) is 0.880. The molecular formula is C5H14N2O2. The van der Waals surface area contributed by atoms with Crippen LogP contribution in [0.25, 0.3) is 0 Å². The third kappa shape index (κ3) is 7.84. The van der Waals surface area contributed by atoms with Gasteiger partial charge in [0.15, 0.2) is 0 Å². The number of hydrogen-bond acceptors (Lipinski definition) is 4. The molecule has 0 aliphatic rings. The van der Waals surface area contributed by atoms with E-state index in [0.29, 0.717) is 13.0 Å². The summed E-state index contributed by atoms with van der Waals surface area (Å²) >= 11 is 0. The Labute approximate surface area is 54.7 Å². The van der Waals surface area contributed by atoms with Crippen LogP contribution in [0.15, 0.2) is 0 Å². The smallest absolute Gasteiger partial charge is 0.103 e. The van der Waals surface area contributed by atoms with E-state index in [4.69, 9.17) is 15.9 Å². The van der Waals surface area contributed by atoms with Crippen LogP contribution in [0.4, 0.5) is 0 Å². The van der Waals surface area contributed by atoms with E-state index in [9.17, 15) is 0 Å². The Morgan fingerprint density at radius 3 is 2.44 bits per heavy atom. The van der Waals surface area contributed by atoms with E-state index < -0.39 is 12.5 Å². The fraction of sp³-hybridized carbons (Fsp3) is 1.00. The summed E-state index contributed by atoms with van der Waals surface area (Å²) in [6, 6.07) is 0. The van der Waals surface area contributed by atoms with Gasteiger partial charge in [-0.05, 0) is 13.3 Å². The lowest BCUT2D eigenvalue weighted by atomic mass is 10.4. The third-order valence-corrected chi connectivity index (χ3v) is 0.880. The van der Waals surface area contributed by atoms with Crippen molar-refractivity contribution < 1.29 is 10.2 Å². The predicted molar refractivity (Wildman–Crippen MR) is 34.5 cm³/mol. The Morgan fingerprint density at radius 1 is 1.56 bits per heavy atom. The molecule has 4 nitrogen and oxygen atoms in total. The van der Waals surface area contributed by atoms with Crippen molar-refractivity contribution in [3.8, 4) is 0 Å². The predicted octanol–water partition coefficient (Wildman–Crippen LogP) is -1.42. The van der Waals surface area contributed by atoms with Crippen LogP contribution in [-0.4, -0.2) is 29.2 Å². The summed E-state index contributed by atoms with van der Waals surface area (Å²) in [5.41, 5.74) is 5.01. The van der Waals surface area contributed by atoms with Crippen LogP contribution >= 0.6 is 0 Å². The quantitative estimate of drug-likeness (QED) is 0.356. The number of nitrogens with one attached hydrogen (secondary N) is 1. The lowest BCUT2D eigenvalue weighted by molar-refractivity contribution is 0.135. The Hall–Kier alpha value is -0.160. The second-order valence-electron chi connectivity index (χ2n) is 1.99. The summed E-state index contributed by atoms with van der Waals surface area (Å²) < 4.78 is 0. The maximum Gasteiger partial charge on any atom is 0.103 e. The zero-order valence-electron chi connectivity index (χ0n) is 5.54. The molecule has 0 spiro atoms.